The molecule has 3 N–H and O–H groups in total. The number of hydrogen-bond donors (Lipinski definition) is 2. The molecule has 0 amide bonds. The van der Waals surface area contributed by atoms with E-state index in [4.69, 9.17) is 10.8 Å². The molecular formula is C10H12N4O2. The monoisotopic (exact) mass is 220 g/mol. The molecule has 0 aliphatic rings. The van der Waals surface area contributed by atoms with Crippen molar-refractivity contribution < 1.29 is 9.90 Å². The van der Waals surface area contributed by atoms with Crippen LogP contribution in [0.2, 0.25) is 0 Å². The zero-order valence-electron chi connectivity index (χ0n) is 9.01. The van der Waals surface area contributed by atoms with Crippen LogP contribution in [0.4, 0.5) is 5.82 Å². The molecule has 0 fully saturated rings. The van der Waals surface area contributed by atoms with Crippen LogP contribution in [0.5, 0.6) is 0 Å². The lowest BCUT2D eigenvalue weighted by Gasteiger charge is -2.03. The summed E-state index contributed by atoms with van der Waals surface area (Å²) in [4.78, 5) is 15.3. The average Bonchev–Trinajstić information content (AvgIpc) is 2.51. The minimum absolute atomic E-state index is 0.0130. The Hall–Kier alpha value is -2.11. The summed E-state index contributed by atoms with van der Waals surface area (Å²) in [5, 5.41) is 12.9. The predicted octanol–water partition coefficient (Wildman–Crippen LogP) is 1.13. The first kappa shape index (κ1) is 10.4. The first-order valence-corrected chi connectivity index (χ1v) is 4.88. The van der Waals surface area contributed by atoms with Gasteiger partial charge in [-0.2, -0.15) is 0 Å². The Labute approximate surface area is 91.7 Å². The van der Waals surface area contributed by atoms with E-state index in [2.05, 4.69) is 10.1 Å². The Morgan fingerprint density at radius 2 is 2.25 bits per heavy atom. The lowest BCUT2D eigenvalue weighted by atomic mass is 10.1. The van der Waals surface area contributed by atoms with Gasteiger partial charge in [0, 0.05) is 11.9 Å². The molecule has 84 valence electrons. The van der Waals surface area contributed by atoms with Crippen molar-refractivity contribution in [3.63, 3.8) is 0 Å². The van der Waals surface area contributed by atoms with E-state index in [1.165, 1.54) is 4.52 Å². The molecule has 2 aromatic heterocycles. The average molecular weight is 220 g/mol. The van der Waals surface area contributed by atoms with Crippen molar-refractivity contribution in [3.05, 3.63) is 23.5 Å². The molecule has 0 saturated heterocycles. The van der Waals surface area contributed by atoms with Crippen LogP contribution in [0.25, 0.3) is 5.65 Å². The zero-order valence-corrected chi connectivity index (χ0v) is 9.01. The molecule has 16 heavy (non-hydrogen) atoms. The second-order valence-electron chi connectivity index (χ2n) is 3.84. The van der Waals surface area contributed by atoms with Crippen molar-refractivity contribution in [3.8, 4) is 0 Å². The molecule has 0 radical (unpaired) electrons. The summed E-state index contributed by atoms with van der Waals surface area (Å²) in [6, 6.07) is 1.80. The topological polar surface area (TPSA) is 93.5 Å². The molecule has 0 spiro atoms. The fourth-order valence-corrected chi connectivity index (χ4v) is 1.49. The molecule has 6 nitrogen and oxygen atoms in total. The second-order valence-corrected chi connectivity index (χ2v) is 3.84. The maximum absolute atomic E-state index is 11.0. The van der Waals surface area contributed by atoms with E-state index < -0.39 is 5.97 Å². The van der Waals surface area contributed by atoms with Crippen LogP contribution in [0.1, 0.15) is 35.8 Å². The van der Waals surface area contributed by atoms with Crippen LogP contribution in [-0.4, -0.2) is 25.7 Å². The normalized spacial score (nSPS) is 11.2. The minimum atomic E-state index is -1.11. The van der Waals surface area contributed by atoms with Crippen LogP contribution >= 0.6 is 0 Å². The van der Waals surface area contributed by atoms with Crippen LogP contribution in [-0.2, 0) is 0 Å². The van der Waals surface area contributed by atoms with Gasteiger partial charge < -0.3 is 10.8 Å². The molecular weight excluding hydrogens is 208 g/mol. The van der Waals surface area contributed by atoms with Gasteiger partial charge in [-0.25, -0.2) is 14.3 Å². The molecule has 2 aromatic rings. The van der Waals surface area contributed by atoms with Crippen LogP contribution in [0.15, 0.2) is 12.3 Å². The third kappa shape index (κ3) is 1.48. The summed E-state index contributed by atoms with van der Waals surface area (Å²) in [6.07, 6.45) is 1.67. The number of fused-ring (bicyclic) bond motifs is 1. The quantitative estimate of drug-likeness (QED) is 0.791. The van der Waals surface area contributed by atoms with Gasteiger partial charge in [0.1, 0.15) is 5.56 Å². The SMILES string of the molecule is CC(C)c1ccn2nc(N)c(C(=O)O)c2n1. The van der Waals surface area contributed by atoms with Crippen molar-refractivity contribution in [1.29, 1.82) is 0 Å². The van der Waals surface area contributed by atoms with E-state index in [1.54, 1.807) is 12.3 Å². The van der Waals surface area contributed by atoms with Gasteiger partial charge in [-0.1, -0.05) is 13.8 Å². The van der Waals surface area contributed by atoms with Gasteiger partial charge in [-0.15, -0.1) is 5.10 Å². The summed E-state index contributed by atoms with van der Waals surface area (Å²) in [7, 11) is 0. The lowest BCUT2D eigenvalue weighted by molar-refractivity contribution is 0.0700. The van der Waals surface area contributed by atoms with Crippen LogP contribution in [0.3, 0.4) is 0 Å². The third-order valence-corrected chi connectivity index (χ3v) is 2.34. The number of hydrogen-bond acceptors (Lipinski definition) is 4. The summed E-state index contributed by atoms with van der Waals surface area (Å²) in [5.74, 6) is -0.899. The maximum atomic E-state index is 11.0. The molecule has 0 aliphatic carbocycles. The fraction of sp³-hybridized carbons (Fsp3) is 0.300. The van der Waals surface area contributed by atoms with Crippen molar-refractivity contribution in [2.24, 2.45) is 0 Å². The smallest absolute Gasteiger partial charge is 0.343 e. The number of aromatic carboxylic acids is 1. The van der Waals surface area contributed by atoms with E-state index in [0.717, 1.165) is 5.69 Å². The summed E-state index contributed by atoms with van der Waals surface area (Å²) >= 11 is 0. The van der Waals surface area contributed by atoms with E-state index in [-0.39, 0.29) is 22.9 Å². The predicted molar refractivity (Wildman–Crippen MR) is 58.4 cm³/mol. The van der Waals surface area contributed by atoms with E-state index in [9.17, 15) is 4.79 Å². The van der Waals surface area contributed by atoms with E-state index >= 15 is 0 Å². The number of rotatable bonds is 2. The standard InChI is InChI=1S/C10H12N4O2/c1-5(2)6-3-4-14-9(12-6)7(10(15)16)8(11)13-14/h3-5H,1-2H3,(H2,11,13)(H,15,16). The van der Waals surface area contributed by atoms with Crippen molar-refractivity contribution >= 4 is 17.4 Å². The van der Waals surface area contributed by atoms with Gasteiger partial charge in [0.05, 0.1) is 0 Å². The van der Waals surface area contributed by atoms with Gasteiger partial charge in [-0.3, -0.25) is 0 Å². The number of nitrogen functional groups attached to an aromatic ring is 1. The van der Waals surface area contributed by atoms with Crippen molar-refractivity contribution in [2.45, 2.75) is 19.8 Å². The third-order valence-electron chi connectivity index (χ3n) is 2.34. The van der Waals surface area contributed by atoms with Crippen LogP contribution < -0.4 is 5.73 Å². The number of carbonyl (C=O) groups is 1. The van der Waals surface area contributed by atoms with Gasteiger partial charge in [0.15, 0.2) is 11.5 Å². The number of anilines is 1. The van der Waals surface area contributed by atoms with Crippen molar-refractivity contribution in [2.75, 3.05) is 5.73 Å². The van der Waals surface area contributed by atoms with E-state index in [1.807, 2.05) is 13.8 Å². The molecule has 0 atom stereocenters. The highest BCUT2D eigenvalue weighted by Gasteiger charge is 2.18. The first-order chi connectivity index (χ1) is 7.50. The number of nitrogens with two attached hydrogens (primary N) is 1. The zero-order chi connectivity index (χ0) is 11.9. The number of carboxylic acid groups (broad SMARTS) is 1. The maximum Gasteiger partial charge on any atom is 0.343 e. The van der Waals surface area contributed by atoms with E-state index in [0.29, 0.717) is 0 Å². The summed E-state index contributed by atoms with van der Waals surface area (Å²) in [5.41, 5.74) is 6.59. The number of carboxylic acids is 1. The first-order valence-electron chi connectivity index (χ1n) is 4.88. The lowest BCUT2D eigenvalue weighted by Crippen LogP contribution is -2.02. The molecule has 0 aliphatic heterocycles. The van der Waals surface area contributed by atoms with Crippen LogP contribution in [0, 0.1) is 0 Å². The molecule has 0 aromatic carbocycles. The summed E-state index contributed by atoms with van der Waals surface area (Å²) < 4.78 is 1.38. The molecule has 0 unspecified atom stereocenters. The number of aromatic nitrogens is 3. The Balaban J connectivity index is 2.74. The minimum Gasteiger partial charge on any atom is -0.477 e. The van der Waals surface area contributed by atoms with Crippen molar-refractivity contribution in [1.82, 2.24) is 14.6 Å². The highest BCUT2D eigenvalue weighted by atomic mass is 16.4. The largest absolute Gasteiger partial charge is 0.477 e. The highest BCUT2D eigenvalue weighted by Crippen LogP contribution is 2.18. The Morgan fingerprint density at radius 1 is 1.56 bits per heavy atom. The molecule has 0 bridgehead atoms. The summed E-state index contributed by atoms with van der Waals surface area (Å²) in [6.45, 7) is 3.97. The molecule has 2 heterocycles. The Kier molecular flexibility index (Phi) is 2.26. The van der Waals surface area contributed by atoms with Gasteiger partial charge in [0.2, 0.25) is 0 Å². The van der Waals surface area contributed by atoms with Gasteiger partial charge in [-0.05, 0) is 12.0 Å². The fourth-order valence-electron chi connectivity index (χ4n) is 1.49. The molecule has 0 saturated carbocycles. The highest BCUT2D eigenvalue weighted by molar-refractivity contribution is 5.99. The Morgan fingerprint density at radius 3 is 2.81 bits per heavy atom. The van der Waals surface area contributed by atoms with Gasteiger partial charge >= 0.3 is 5.97 Å². The number of nitrogens with zero attached hydrogens (tertiary/aromatic N) is 3. The second kappa shape index (κ2) is 3.48. The molecule has 6 heteroatoms. The molecule has 2 rings (SSSR count). The van der Waals surface area contributed by atoms with Gasteiger partial charge in [0.25, 0.3) is 0 Å². The Bertz CT molecular complexity index is 559.